The molecule has 0 spiro atoms. The predicted octanol–water partition coefficient (Wildman–Crippen LogP) is 1.20. The van der Waals surface area contributed by atoms with E-state index in [4.69, 9.17) is 14.6 Å². The van der Waals surface area contributed by atoms with Crippen molar-refractivity contribution in [3.8, 4) is 0 Å². The van der Waals surface area contributed by atoms with Crippen LogP contribution in [0.4, 0.5) is 0 Å². The summed E-state index contributed by atoms with van der Waals surface area (Å²) in [6, 6.07) is 0. The highest BCUT2D eigenvalue weighted by Gasteiger charge is 2.14. The molecule has 0 aromatic rings. The van der Waals surface area contributed by atoms with E-state index in [1.165, 1.54) is 0 Å². The zero-order valence-corrected chi connectivity index (χ0v) is 8.46. The fraction of sp³-hybridized carbons (Fsp3) is 1.00. The average Bonchev–Trinajstić information content (AvgIpc) is 1.84. The van der Waals surface area contributed by atoms with E-state index in [-0.39, 0.29) is 18.3 Å². The molecule has 0 radical (unpaired) electrons. The van der Waals surface area contributed by atoms with Crippen LogP contribution in [0, 0.1) is 0 Å². The molecule has 0 aliphatic carbocycles. The van der Waals surface area contributed by atoms with Crippen LogP contribution in [0.2, 0.25) is 0 Å². The van der Waals surface area contributed by atoms with Crippen LogP contribution in [0.15, 0.2) is 0 Å². The van der Waals surface area contributed by atoms with Gasteiger partial charge in [-0.2, -0.15) is 0 Å². The van der Waals surface area contributed by atoms with E-state index >= 15 is 0 Å². The molecule has 3 heteroatoms. The highest BCUT2D eigenvalue weighted by molar-refractivity contribution is 4.62. The molecule has 74 valence electrons. The van der Waals surface area contributed by atoms with Gasteiger partial charge >= 0.3 is 0 Å². The van der Waals surface area contributed by atoms with Gasteiger partial charge in [-0.3, -0.25) is 0 Å². The van der Waals surface area contributed by atoms with E-state index < -0.39 is 0 Å². The molecule has 0 aliphatic heterocycles. The zero-order valence-electron chi connectivity index (χ0n) is 8.46. The summed E-state index contributed by atoms with van der Waals surface area (Å²) in [5.74, 6) is 0. The van der Waals surface area contributed by atoms with Gasteiger partial charge in [-0.1, -0.05) is 0 Å². The molecule has 1 N–H and O–H groups in total. The number of aliphatic hydroxyl groups excluding tert-OH is 1. The molecule has 0 bridgehead atoms. The molecule has 0 fully saturated rings. The lowest BCUT2D eigenvalue weighted by atomic mass is 10.2. The average molecular weight is 176 g/mol. The molecular weight excluding hydrogens is 156 g/mol. The van der Waals surface area contributed by atoms with Gasteiger partial charge in [0.2, 0.25) is 0 Å². The van der Waals surface area contributed by atoms with E-state index in [2.05, 4.69) is 0 Å². The maximum Gasteiger partial charge on any atom is 0.0787 e. The molecule has 0 rings (SSSR count). The van der Waals surface area contributed by atoms with Crippen molar-refractivity contribution < 1.29 is 14.6 Å². The number of rotatable bonds is 5. The Morgan fingerprint density at radius 2 is 1.92 bits per heavy atom. The van der Waals surface area contributed by atoms with Gasteiger partial charge in [0.1, 0.15) is 0 Å². The number of hydrogen-bond acceptors (Lipinski definition) is 3. The monoisotopic (exact) mass is 176 g/mol. The molecular formula is C9H20O3. The minimum Gasteiger partial charge on any atom is -0.394 e. The van der Waals surface area contributed by atoms with Gasteiger partial charge in [0.25, 0.3) is 0 Å². The Balaban J connectivity index is 3.40. The first-order valence-corrected chi connectivity index (χ1v) is 4.32. The number of hydrogen-bond donors (Lipinski definition) is 1. The first kappa shape index (κ1) is 11.9. The van der Waals surface area contributed by atoms with Crippen LogP contribution < -0.4 is 0 Å². The lowest BCUT2D eigenvalue weighted by Gasteiger charge is -2.24. The van der Waals surface area contributed by atoms with Crippen LogP contribution in [0.1, 0.15) is 27.7 Å². The van der Waals surface area contributed by atoms with Gasteiger partial charge in [-0.05, 0) is 27.7 Å². The van der Waals surface area contributed by atoms with Crippen LogP contribution in [-0.4, -0.2) is 36.6 Å². The Hall–Kier alpha value is -0.120. The van der Waals surface area contributed by atoms with E-state index in [1.54, 1.807) is 0 Å². The molecule has 0 aromatic heterocycles. The fourth-order valence-electron chi connectivity index (χ4n) is 0.951. The number of aliphatic hydroxyl groups is 1. The topological polar surface area (TPSA) is 38.7 Å². The Morgan fingerprint density at radius 1 is 1.33 bits per heavy atom. The van der Waals surface area contributed by atoms with Gasteiger partial charge in [0.05, 0.1) is 31.5 Å². The summed E-state index contributed by atoms with van der Waals surface area (Å²) in [4.78, 5) is 0. The third-order valence-corrected chi connectivity index (χ3v) is 1.14. The van der Waals surface area contributed by atoms with Crippen molar-refractivity contribution in [1.82, 2.24) is 0 Å². The standard InChI is InChI=1S/C9H20O3/c1-8(7-11-6-5-10)12-9(2,3)4/h8,10H,5-7H2,1-4H3. The third kappa shape index (κ3) is 7.98. The quantitative estimate of drug-likeness (QED) is 0.640. The van der Waals surface area contributed by atoms with E-state index in [0.717, 1.165) is 0 Å². The highest BCUT2D eigenvalue weighted by atomic mass is 16.5. The van der Waals surface area contributed by atoms with Gasteiger partial charge in [-0.25, -0.2) is 0 Å². The molecule has 0 heterocycles. The van der Waals surface area contributed by atoms with Crippen LogP contribution in [-0.2, 0) is 9.47 Å². The number of ether oxygens (including phenoxy) is 2. The first-order chi connectivity index (χ1) is 5.45. The Bertz CT molecular complexity index is 107. The Labute approximate surface area is 74.7 Å². The predicted molar refractivity (Wildman–Crippen MR) is 48.2 cm³/mol. The fourth-order valence-corrected chi connectivity index (χ4v) is 0.951. The molecule has 0 saturated heterocycles. The summed E-state index contributed by atoms with van der Waals surface area (Å²) in [7, 11) is 0. The second kappa shape index (κ2) is 5.51. The van der Waals surface area contributed by atoms with Crippen molar-refractivity contribution in [1.29, 1.82) is 0 Å². The van der Waals surface area contributed by atoms with Crippen LogP contribution in [0.3, 0.4) is 0 Å². The maximum atomic E-state index is 8.45. The summed E-state index contributed by atoms with van der Waals surface area (Å²) in [5.41, 5.74) is -0.123. The smallest absolute Gasteiger partial charge is 0.0787 e. The molecule has 12 heavy (non-hydrogen) atoms. The Kier molecular flexibility index (Phi) is 5.46. The van der Waals surface area contributed by atoms with Crippen LogP contribution in [0.25, 0.3) is 0 Å². The van der Waals surface area contributed by atoms with Crippen molar-refractivity contribution in [2.45, 2.75) is 39.4 Å². The van der Waals surface area contributed by atoms with Crippen LogP contribution in [0.5, 0.6) is 0 Å². The van der Waals surface area contributed by atoms with Crippen LogP contribution >= 0.6 is 0 Å². The maximum absolute atomic E-state index is 8.45. The summed E-state index contributed by atoms with van der Waals surface area (Å²) >= 11 is 0. The molecule has 0 aliphatic rings. The molecule has 0 aromatic carbocycles. The molecule has 1 atom stereocenters. The van der Waals surface area contributed by atoms with Crippen molar-refractivity contribution in [2.75, 3.05) is 19.8 Å². The third-order valence-electron chi connectivity index (χ3n) is 1.14. The van der Waals surface area contributed by atoms with Crippen molar-refractivity contribution in [3.05, 3.63) is 0 Å². The first-order valence-electron chi connectivity index (χ1n) is 4.32. The summed E-state index contributed by atoms with van der Waals surface area (Å²) < 4.78 is 10.7. The lowest BCUT2D eigenvalue weighted by molar-refractivity contribution is -0.0863. The normalized spacial score (nSPS) is 14.8. The van der Waals surface area contributed by atoms with E-state index in [9.17, 15) is 0 Å². The minimum atomic E-state index is -0.123. The van der Waals surface area contributed by atoms with Gasteiger partial charge in [0, 0.05) is 0 Å². The Morgan fingerprint density at radius 3 is 2.33 bits per heavy atom. The van der Waals surface area contributed by atoms with Gasteiger partial charge < -0.3 is 14.6 Å². The largest absolute Gasteiger partial charge is 0.394 e. The SMILES string of the molecule is CC(COCCO)OC(C)(C)C. The summed E-state index contributed by atoms with van der Waals surface area (Å²) in [5, 5.41) is 8.45. The van der Waals surface area contributed by atoms with E-state index in [0.29, 0.717) is 13.2 Å². The molecule has 1 unspecified atom stereocenters. The molecule has 0 saturated carbocycles. The van der Waals surface area contributed by atoms with E-state index in [1.807, 2.05) is 27.7 Å². The van der Waals surface area contributed by atoms with Gasteiger partial charge in [-0.15, -0.1) is 0 Å². The summed E-state index contributed by atoms with van der Waals surface area (Å²) in [6.07, 6.45) is 0.0801. The second-order valence-electron chi connectivity index (χ2n) is 3.84. The summed E-state index contributed by atoms with van der Waals surface area (Å²) in [6.45, 7) is 8.99. The van der Waals surface area contributed by atoms with Crippen molar-refractivity contribution >= 4 is 0 Å². The zero-order chi connectivity index (χ0) is 9.61. The second-order valence-corrected chi connectivity index (χ2v) is 3.84. The molecule has 0 amide bonds. The highest BCUT2D eigenvalue weighted by Crippen LogP contribution is 2.10. The molecule has 3 nitrogen and oxygen atoms in total. The van der Waals surface area contributed by atoms with Crippen molar-refractivity contribution in [3.63, 3.8) is 0 Å². The van der Waals surface area contributed by atoms with Gasteiger partial charge in [0.15, 0.2) is 0 Å². The lowest BCUT2D eigenvalue weighted by Crippen LogP contribution is -2.28. The van der Waals surface area contributed by atoms with Crippen molar-refractivity contribution in [2.24, 2.45) is 0 Å². The minimum absolute atomic E-state index is 0.0717.